The molecule has 194 valence electrons. The lowest BCUT2D eigenvalue weighted by molar-refractivity contribution is 0.138. The number of hydrogen-bond donors (Lipinski definition) is 2. The summed E-state index contributed by atoms with van der Waals surface area (Å²) in [5.41, 5.74) is 8.24. The van der Waals surface area contributed by atoms with Crippen LogP contribution in [0.4, 0.5) is 0 Å². The molecule has 0 aliphatic heterocycles. The molecule has 0 bridgehead atoms. The number of unbranched alkanes of at least 4 members (excludes halogenated alkanes) is 1. The molecule has 0 fully saturated rings. The summed E-state index contributed by atoms with van der Waals surface area (Å²) in [5.74, 6) is 0.881. The molecule has 0 aromatic heterocycles. The Labute approximate surface area is 218 Å². The third kappa shape index (κ3) is 6.80. The first-order chi connectivity index (χ1) is 17.6. The van der Waals surface area contributed by atoms with Crippen LogP contribution >= 0.6 is 0 Å². The molecule has 2 aromatic rings. The number of nitrogens with zero attached hydrogens (tertiary/aromatic N) is 1. The standard InChI is InChI=1S/C32H44N2O2/c1-4-6-18-33-19-17-24-7-9-25(10-8-24)23-34(5-2)32-22-30(36-3)15-16-31(32)28-12-11-27-21-29(35)14-13-26(27)20-28/h7-10,13-14,16,21-22,28,30,33,35H,4-6,11-12,15,17-20,23H2,1-3H3. The summed E-state index contributed by atoms with van der Waals surface area (Å²) >= 11 is 0. The summed E-state index contributed by atoms with van der Waals surface area (Å²) in [5, 5.41) is 13.4. The topological polar surface area (TPSA) is 44.7 Å². The molecular formula is C32H44N2O2. The number of aromatic hydroxyl groups is 1. The van der Waals surface area contributed by atoms with E-state index in [1.165, 1.54) is 46.4 Å². The van der Waals surface area contributed by atoms with E-state index in [0.717, 1.165) is 58.3 Å². The molecule has 2 aliphatic rings. The Balaban J connectivity index is 1.44. The van der Waals surface area contributed by atoms with Crippen molar-refractivity contribution in [1.82, 2.24) is 10.2 Å². The fourth-order valence-corrected chi connectivity index (χ4v) is 5.58. The third-order valence-electron chi connectivity index (χ3n) is 7.79. The first kappa shape index (κ1) is 26.5. The number of hydrogen-bond acceptors (Lipinski definition) is 4. The second-order valence-corrected chi connectivity index (χ2v) is 10.3. The maximum absolute atomic E-state index is 9.89. The quantitative estimate of drug-likeness (QED) is 0.350. The zero-order chi connectivity index (χ0) is 25.3. The third-order valence-corrected chi connectivity index (χ3v) is 7.79. The summed E-state index contributed by atoms with van der Waals surface area (Å²) in [6.45, 7) is 8.51. The number of likely N-dealkylation sites (N-methyl/N-ethyl adjacent to an activating group) is 1. The van der Waals surface area contributed by atoms with E-state index in [0.29, 0.717) is 11.7 Å². The Morgan fingerprint density at radius 2 is 1.83 bits per heavy atom. The van der Waals surface area contributed by atoms with Gasteiger partial charge in [-0.3, -0.25) is 0 Å². The van der Waals surface area contributed by atoms with E-state index in [1.807, 2.05) is 19.2 Å². The Hall–Kier alpha value is -2.56. The van der Waals surface area contributed by atoms with Gasteiger partial charge in [0.25, 0.3) is 0 Å². The average molecular weight is 489 g/mol. The van der Waals surface area contributed by atoms with Crippen molar-refractivity contribution >= 4 is 0 Å². The van der Waals surface area contributed by atoms with Gasteiger partial charge >= 0.3 is 0 Å². The lowest BCUT2D eigenvalue weighted by Gasteiger charge is -2.36. The number of phenols is 1. The number of methoxy groups -OCH3 is 1. The number of benzene rings is 2. The molecule has 0 saturated carbocycles. The first-order valence-electron chi connectivity index (χ1n) is 13.9. The van der Waals surface area contributed by atoms with Crippen LogP contribution in [0, 0.1) is 5.92 Å². The molecule has 2 atom stereocenters. The van der Waals surface area contributed by atoms with Crippen molar-refractivity contribution in [2.75, 3.05) is 26.7 Å². The van der Waals surface area contributed by atoms with E-state index in [2.05, 4.69) is 66.5 Å². The summed E-state index contributed by atoms with van der Waals surface area (Å²) in [4.78, 5) is 2.52. The number of fused-ring (bicyclic) bond motifs is 1. The minimum absolute atomic E-state index is 0.133. The second kappa shape index (κ2) is 13.1. The maximum Gasteiger partial charge on any atom is 0.115 e. The highest BCUT2D eigenvalue weighted by molar-refractivity contribution is 5.42. The minimum Gasteiger partial charge on any atom is -0.508 e. The lowest BCUT2D eigenvalue weighted by Crippen LogP contribution is -2.31. The van der Waals surface area contributed by atoms with Crippen molar-refractivity contribution < 1.29 is 9.84 Å². The second-order valence-electron chi connectivity index (χ2n) is 10.3. The lowest BCUT2D eigenvalue weighted by atomic mass is 9.77. The van der Waals surface area contributed by atoms with Crippen molar-refractivity contribution in [2.24, 2.45) is 5.92 Å². The van der Waals surface area contributed by atoms with Crippen LogP contribution in [0.5, 0.6) is 5.75 Å². The molecule has 4 heteroatoms. The zero-order valence-corrected chi connectivity index (χ0v) is 22.4. The van der Waals surface area contributed by atoms with E-state index in [-0.39, 0.29) is 6.10 Å². The molecule has 2 unspecified atom stereocenters. The van der Waals surface area contributed by atoms with Gasteiger partial charge in [-0.2, -0.15) is 0 Å². The molecule has 2 aliphatic carbocycles. The molecular weight excluding hydrogens is 444 g/mol. The Bertz CT molecular complexity index is 1040. The fraction of sp³-hybridized carbons (Fsp3) is 0.500. The van der Waals surface area contributed by atoms with Gasteiger partial charge in [0.1, 0.15) is 5.75 Å². The molecule has 0 spiro atoms. The van der Waals surface area contributed by atoms with Gasteiger partial charge in [0.05, 0.1) is 6.10 Å². The van der Waals surface area contributed by atoms with Gasteiger partial charge in [0, 0.05) is 25.9 Å². The highest BCUT2D eigenvalue weighted by Gasteiger charge is 2.29. The molecule has 36 heavy (non-hydrogen) atoms. The molecule has 0 radical (unpaired) electrons. The number of phenolic OH excluding ortho intramolecular Hbond substituents is 1. The van der Waals surface area contributed by atoms with Gasteiger partial charge in [-0.25, -0.2) is 0 Å². The van der Waals surface area contributed by atoms with Gasteiger partial charge in [0.15, 0.2) is 0 Å². The van der Waals surface area contributed by atoms with Crippen LogP contribution in [0.3, 0.4) is 0 Å². The molecule has 0 amide bonds. The maximum atomic E-state index is 9.89. The highest BCUT2D eigenvalue weighted by Crippen LogP contribution is 2.38. The smallest absolute Gasteiger partial charge is 0.115 e. The van der Waals surface area contributed by atoms with Gasteiger partial charge in [-0.05, 0) is 110 Å². The van der Waals surface area contributed by atoms with Crippen LogP contribution in [0.1, 0.15) is 61.8 Å². The Morgan fingerprint density at radius 3 is 2.58 bits per heavy atom. The molecule has 0 saturated heterocycles. The minimum atomic E-state index is 0.133. The largest absolute Gasteiger partial charge is 0.508 e. The summed E-state index contributed by atoms with van der Waals surface area (Å²) in [7, 11) is 1.81. The Morgan fingerprint density at radius 1 is 1.03 bits per heavy atom. The zero-order valence-electron chi connectivity index (χ0n) is 22.4. The van der Waals surface area contributed by atoms with Crippen LogP contribution in [0.2, 0.25) is 0 Å². The van der Waals surface area contributed by atoms with E-state index >= 15 is 0 Å². The van der Waals surface area contributed by atoms with Crippen LogP contribution < -0.4 is 5.32 Å². The summed E-state index contributed by atoms with van der Waals surface area (Å²) in [6, 6.07) is 15.1. The molecule has 2 aromatic carbocycles. The molecule has 4 rings (SSSR count). The number of allylic oxidation sites excluding steroid dienone is 1. The normalized spacial score (nSPS) is 19.4. The van der Waals surface area contributed by atoms with Gasteiger partial charge < -0.3 is 20.1 Å². The number of aryl methyl sites for hydroxylation is 1. The predicted octanol–water partition coefficient (Wildman–Crippen LogP) is 6.18. The van der Waals surface area contributed by atoms with Crippen molar-refractivity contribution in [2.45, 2.75) is 71.4 Å². The van der Waals surface area contributed by atoms with Crippen molar-refractivity contribution in [3.05, 3.63) is 88.1 Å². The predicted molar refractivity (Wildman–Crippen MR) is 149 cm³/mol. The Kier molecular flexibility index (Phi) is 9.66. The van der Waals surface area contributed by atoms with Crippen LogP contribution in [-0.2, 0) is 30.5 Å². The molecule has 4 nitrogen and oxygen atoms in total. The van der Waals surface area contributed by atoms with E-state index < -0.39 is 0 Å². The number of rotatable bonds is 12. The summed E-state index contributed by atoms with van der Waals surface area (Å²) in [6.07, 6.45) is 12.6. The average Bonchev–Trinajstić information content (AvgIpc) is 2.91. The molecule has 2 N–H and O–H groups in total. The first-order valence-corrected chi connectivity index (χ1v) is 13.9. The van der Waals surface area contributed by atoms with E-state index in [4.69, 9.17) is 4.74 Å². The van der Waals surface area contributed by atoms with Gasteiger partial charge in [-0.15, -0.1) is 0 Å². The SMILES string of the molecule is CCCCNCCc1ccc(CN(CC)C2=CC(OC)CC=C2C2CCc3cc(O)ccc3C2)cc1. The van der Waals surface area contributed by atoms with Crippen LogP contribution in [0.25, 0.3) is 0 Å². The highest BCUT2D eigenvalue weighted by atomic mass is 16.5. The van der Waals surface area contributed by atoms with Gasteiger partial charge in [0.2, 0.25) is 0 Å². The molecule has 0 heterocycles. The van der Waals surface area contributed by atoms with Crippen molar-refractivity contribution in [3.8, 4) is 5.75 Å². The fourth-order valence-electron chi connectivity index (χ4n) is 5.58. The van der Waals surface area contributed by atoms with Crippen molar-refractivity contribution in [1.29, 1.82) is 0 Å². The number of nitrogens with one attached hydrogen (secondary N) is 1. The van der Waals surface area contributed by atoms with E-state index in [9.17, 15) is 5.11 Å². The number of ether oxygens (including phenoxy) is 1. The van der Waals surface area contributed by atoms with Crippen LogP contribution in [-0.4, -0.2) is 42.9 Å². The summed E-state index contributed by atoms with van der Waals surface area (Å²) < 4.78 is 5.77. The van der Waals surface area contributed by atoms with Crippen LogP contribution in [0.15, 0.2) is 65.9 Å². The monoisotopic (exact) mass is 488 g/mol. The van der Waals surface area contributed by atoms with Gasteiger partial charge in [-0.1, -0.05) is 49.8 Å². The van der Waals surface area contributed by atoms with Crippen molar-refractivity contribution in [3.63, 3.8) is 0 Å². The van der Waals surface area contributed by atoms with E-state index in [1.54, 1.807) is 0 Å².